The van der Waals surface area contributed by atoms with Gasteiger partial charge in [0.25, 0.3) is 5.91 Å². The van der Waals surface area contributed by atoms with Crippen molar-refractivity contribution in [3.05, 3.63) is 29.0 Å². The van der Waals surface area contributed by atoms with Crippen LogP contribution in [-0.2, 0) is 4.74 Å². The summed E-state index contributed by atoms with van der Waals surface area (Å²) in [5.41, 5.74) is 0.487. The third-order valence-corrected chi connectivity index (χ3v) is 3.34. The summed E-state index contributed by atoms with van der Waals surface area (Å²) in [5.74, 6) is -0.863. The van der Waals surface area contributed by atoms with E-state index in [1.54, 1.807) is 29.2 Å². The topological polar surface area (TPSA) is 86.1 Å². The van der Waals surface area contributed by atoms with Crippen LogP contribution in [0.4, 0.5) is 5.13 Å². The van der Waals surface area contributed by atoms with Crippen molar-refractivity contribution in [3.63, 3.8) is 0 Å². The molecule has 0 bridgehead atoms. The zero-order valence-corrected chi connectivity index (χ0v) is 12.8. The minimum Gasteiger partial charge on any atom is -0.461 e. The molecule has 0 atom stereocenters. The highest BCUT2D eigenvalue weighted by molar-refractivity contribution is 7.14. The van der Waals surface area contributed by atoms with Crippen LogP contribution in [0.1, 0.15) is 47.8 Å². The molecule has 0 aliphatic rings. The second-order valence-corrected chi connectivity index (χ2v) is 5.35. The molecule has 2 aromatic rings. The molecule has 8 heteroatoms. The van der Waals surface area contributed by atoms with Gasteiger partial charge >= 0.3 is 5.97 Å². The Hall–Kier alpha value is -2.22. The number of aromatic nitrogens is 3. The van der Waals surface area contributed by atoms with Gasteiger partial charge in [0.05, 0.1) is 6.61 Å². The van der Waals surface area contributed by atoms with Gasteiger partial charge in [0, 0.05) is 17.6 Å². The number of nitrogens with one attached hydrogen (secondary N) is 1. The van der Waals surface area contributed by atoms with E-state index in [4.69, 9.17) is 4.74 Å². The Morgan fingerprint density at radius 2 is 2.19 bits per heavy atom. The minimum atomic E-state index is -0.502. The first-order chi connectivity index (χ1) is 10.0. The third-order valence-electron chi connectivity index (χ3n) is 2.58. The summed E-state index contributed by atoms with van der Waals surface area (Å²) in [5, 5.41) is 8.66. The Morgan fingerprint density at radius 1 is 1.43 bits per heavy atom. The third kappa shape index (κ3) is 3.66. The van der Waals surface area contributed by atoms with Crippen LogP contribution in [0.3, 0.4) is 0 Å². The number of esters is 1. The highest BCUT2D eigenvalue weighted by atomic mass is 32.1. The van der Waals surface area contributed by atoms with Crippen LogP contribution < -0.4 is 5.32 Å². The van der Waals surface area contributed by atoms with Gasteiger partial charge in [0.1, 0.15) is 0 Å². The Bertz CT molecular complexity index is 647. The number of amides is 1. The summed E-state index contributed by atoms with van der Waals surface area (Å²) in [6.45, 7) is 5.95. The molecular weight excluding hydrogens is 292 g/mol. The van der Waals surface area contributed by atoms with Gasteiger partial charge in [-0.3, -0.25) is 14.8 Å². The second kappa shape index (κ2) is 6.49. The number of anilines is 1. The molecule has 112 valence electrons. The quantitative estimate of drug-likeness (QED) is 0.857. The molecule has 0 unspecified atom stereocenters. The van der Waals surface area contributed by atoms with E-state index in [0.29, 0.717) is 10.8 Å². The molecule has 0 aliphatic carbocycles. The van der Waals surface area contributed by atoms with E-state index in [2.05, 4.69) is 15.4 Å². The fraction of sp³-hybridized carbons (Fsp3) is 0.385. The molecule has 0 saturated carbocycles. The molecule has 2 rings (SSSR count). The SMILES string of the molecule is CCOC(=O)c1csc(NC(=O)c2ccn(C(C)C)n2)n1. The van der Waals surface area contributed by atoms with Crippen molar-refractivity contribution in [3.8, 4) is 0 Å². The highest BCUT2D eigenvalue weighted by Crippen LogP contribution is 2.17. The van der Waals surface area contributed by atoms with Crippen molar-refractivity contribution in [1.29, 1.82) is 0 Å². The van der Waals surface area contributed by atoms with Crippen molar-refractivity contribution >= 4 is 28.3 Å². The molecule has 0 aromatic carbocycles. The van der Waals surface area contributed by atoms with Gasteiger partial charge in [-0.05, 0) is 26.8 Å². The Kier molecular flexibility index (Phi) is 4.69. The number of thiazole rings is 1. The lowest BCUT2D eigenvalue weighted by atomic mass is 10.4. The zero-order chi connectivity index (χ0) is 15.4. The molecule has 0 radical (unpaired) electrons. The lowest BCUT2D eigenvalue weighted by molar-refractivity contribution is 0.0520. The maximum absolute atomic E-state index is 12.0. The molecule has 1 amide bonds. The summed E-state index contributed by atoms with van der Waals surface area (Å²) in [4.78, 5) is 27.5. The van der Waals surface area contributed by atoms with Gasteiger partial charge in [-0.15, -0.1) is 11.3 Å². The smallest absolute Gasteiger partial charge is 0.357 e. The first-order valence-corrected chi connectivity index (χ1v) is 7.38. The molecular formula is C13H16N4O3S. The van der Waals surface area contributed by atoms with Gasteiger partial charge < -0.3 is 4.74 Å². The molecule has 0 aliphatic heterocycles. The predicted molar refractivity (Wildman–Crippen MR) is 78.6 cm³/mol. The predicted octanol–water partition coefficient (Wildman–Crippen LogP) is 2.35. The van der Waals surface area contributed by atoms with E-state index < -0.39 is 5.97 Å². The Balaban J connectivity index is 2.04. The lowest BCUT2D eigenvalue weighted by Gasteiger charge is -2.03. The van der Waals surface area contributed by atoms with Crippen LogP contribution in [0, 0.1) is 0 Å². The Morgan fingerprint density at radius 3 is 2.81 bits per heavy atom. The van der Waals surface area contributed by atoms with Crippen LogP contribution in [0.25, 0.3) is 0 Å². The fourth-order valence-electron chi connectivity index (χ4n) is 1.54. The van der Waals surface area contributed by atoms with E-state index in [-0.39, 0.29) is 24.2 Å². The lowest BCUT2D eigenvalue weighted by Crippen LogP contribution is -2.14. The largest absolute Gasteiger partial charge is 0.461 e. The van der Waals surface area contributed by atoms with Gasteiger partial charge in [-0.2, -0.15) is 5.10 Å². The molecule has 0 saturated heterocycles. The molecule has 2 heterocycles. The zero-order valence-electron chi connectivity index (χ0n) is 12.0. The van der Waals surface area contributed by atoms with Crippen LogP contribution >= 0.6 is 11.3 Å². The number of rotatable bonds is 5. The van der Waals surface area contributed by atoms with E-state index in [1.807, 2.05) is 13.8 Å². The Labute approximate surface area is 125 Å². The maximum Gasteiger partial charge on any atom is 0.357 e. The minimum absolute atomic E-state index is 0.182. The molecule has 21 heavy (non-hydrogen) atoms. The number of carbonyl (C=O) groups is 2. The standard InChI is InChI=1S/C13H16N4O3S/c1-4-20-12(19)10-7-21-13(14-10)15-11(18)9-5-6-17(16-9)8(2)3/h5-8H,4H2,1-3H3,(H,14,15,18). The monoisotopic (exact) mass is 308 g/mol. The van der Waals surface area contributed by atoms with Crippen LogP contribution in [-0.4, -0.2) is 33.2 Å². The number of nitrogens with zero attached hydrogens (tertiary/aromatic N) is 3. The second-order valence-electron chi connectivity index (χ2n) is 4.49. The van der Waals surface area contributed by atoms with Crippen LogP contribution in [0.2, 0.25) is 0 Å². The van der Waals surface area contributed by atoms with E-state index in [0.717, 1.165) is 11.3 Å². The number of carbonyl (C=O) groups excluding carboxylic acids is 2. The molecule has 2 aromatic heterocycles. The molecule has 0 spiro atoms. The number of hydrogen-bond donors (Lipinski definition) is 1. The maximum atomic E-state index is 12.0. The number of ether oxygens (including phenoxy) is 1. The summed E-state index contributed by atoms with van der Waals surface area (Å²) in [6, 6.07) is 1.82. The van der Waals surface area contributed by atoms with Crippen molar-refractivity contribution in [2.45, 2.75) is 26.8 Å². The highest BCUT2D eigenvalue weighted by Gasteiger charge is 2.15. The van der Waals surface area contributed by atoms with Crippen LogP contribution in [0.5, 0.6) is 0 Å². The van der Waals surface area contributed by atoms with Gasteiger partial charge in [0.2, 0.25) is 0 Å². The average Bonchev–Trinajstić information content (AvgIpc) is 3.07. The van der Waals surface area contributed by atoms with Gasteiger partial charge in [-0.25, -0.2) is 9.78 Å². The van der Waals surface area contributed by atoms with Crippen molar-refractivity contribution in [1.82, 2.24) is 14.8 Å². The summed E-state index contributed by atoms with van der Waals surface area (Å²) < 4.78 is 6.53. The average molecular weight is 308 g/mol. The molecule has 0 fully saturated rings. The number of hydrogen-bond acceptors (Lipinski definition) is 6. The first kappa shape index (κ1) is 15.2. The van der Waals surface area contributed by atoms with Crippen molar-refractivity contribution in [2.75, 3.05) is 11.9 Å². The molecule has 7 nitrogen and oxygen atoms in total. The van der Waals surface area contributed by atoms with E-state index >= 15 is 0 Å². The van der Waals surface area contributed by atoms with Crippen molar-refractivity contribution in [2.24, 2.45) is 0 Å². The van der Waals surface area contributed by atoms with Gasteiger partial charge in [0.15, 0.2) is 16.5 Å². The molecule has 1 N–H and O–H groups in total. The summed E-state index contributed by atoms with van der Waals surface area (Å²) >= 11 is 1.16. The van der Waals surface area contributed by atoms with Crippen LogP contribution in [0.15, 0.2) is 17.6 Å². The fourth-order valence-corrected chi connectivity index (χ4v) is 2.21. The normalized spacial score (nSPS) is 10.7. The summed E-state index contributed by atoms with van der Waals surface area (Å²) in [6.07, 6.45) is 1.74. The van der Waals surface area contributed by atoms with Crippen molar-refractivity contribution < 1.29 is 14.3 Å². The van der Waals surface area contributed by atoms with E-state index in [9.17, 15) is 9.59 Å². The summed E-state index contributed by atoms with van der Waals surface area (Å²) in [7, 11) is 0. The first-order valence-electron chi connectivity index (χ1n) is 6.50. The van der Waals surface area contributed by atoms with E-state index in [1.165, 1.54) is 0 Å². The van der Waals surface area contributed by atoms with Gasteiger partial charge in [-0.1, -0.05) is 0 Å².